The number of rotatable bonds is 0. The van der Waals surface area contributed by atoms with Crippen LogP contribution in [0.5, 0.6) is 0 Å². The molecule has 1 spiro atoms. The van der Waals surface area contributed by atoms with Gasteiger partial charge in [-0.15, -0.1) is 0 Å². The molecule has 0 amide bonds. The third-order valence-electron chi connectivity index (χ3n) is 2.66. The van der Waals surface area contributed by atoms with E-state index in [9.17, 15) is 9.59 Å². The first-order valence-corrected chi connectivity index (χ1v) is 3.85. The number of hydrogen-bond acceptors (Lipinski definition) is 4. The van der Waals surface area contributed by atoms with E-state index >= 15 is 0 Å². The summed E-state index contributed by atoms with van der Waals surface area (Å²) in [6.07, 6.45) is 3.70. The lowest BCUT2D eigenvalue weighted by molar-refractivity contribution is -0.173. The average Bonchev–Trinajstić information content (AvgIpc) is 2.57. The minimum Gasteiger partial charge on any atom is -0.390 e. The molecule has 2 fully saturated rings. The number of hydrogen-bond donors (Lipinski definition) is 0. The van der Waals surface area contributed by atoms with Crippen LogP contribution in [0.2, 0.25) is 0 Å². The van der Waals surface area contributed by atoms with Gasteiger partial charge >= 0.3 is 11.9 Å². The molecular formula is C8H6O4. The molecule has 0 aromatic rings. The van der Waals surface area contributed by atoms with Crippen molar-refractivity contribution in [3.05, 3.63) is 12.2 Å². The standard InChI is InChI=1S/C8H6O4/c9-6-4-3-8(7(10)11-6)2-1-5(4)12-8/h1-2,4-5H,3H2. The minimum absolute atomic E-state index is 0.232. The number of esters is 2. The topological polar surface area (TPSA) is 52.6 Å². The first-order valence-electron chi connectivity index (χ1n) is 3.85. The molecule has 0 saturated carbocycles. The number of carbonyl (C=O) groups excluding carboxylic acids is 2. The summed E-state index contributed by atoms with van der Waals surface area (Å²) in [5.74, 6) is -1.25. The van der Waals surface area contributed by atoms with Crippen LogP contribution in [0.1, 0.15) is 6.42 Å². The van der Waals surface area contributed by atoms with Gasteiger partial charge in [-0.1, -0.05) is 6.08 Å². The van der Waals surface area contributed by atoms with Crippen molar-refractivity contribution in [2.75, 3.05) is 0 Å². The fraction of sp³-hybridized carbons (Fsp3) is 0.500. The van der Waals surface area contributed by atoms with Gasteiger partial charge in [-0.05, 0) is 6.08 Å². The highest BCUT2D eigenvalue weighted by Crippen LogP contribution is 2.46. The lowest BCUT2D eigenvalue weighted by Crippen LogP contribution is -2.43. The Hall–Kier alpha value is -1.16. The van der Waals surface area contributed by atoms with Crippen LogP contribution in [0.15, 0.2) is 12.2 Å². The van der Waals surface area contributed by atoms with Gasteiger partial charge < -0.3 is 9.47 Å². The van der Waals surface area contributed by atoms with Gasteiger partial charge in [0.2, 0.25) is 0 Å². The molecule has 0 aromatic carbocycles. The number of carbonyl (C=O) groups is 2. The monoisotopic (exact) mass is 166 g/mol. The van der Waals surface area contributed by atoms with Crippen molar-refractivity contribution in [1.29, 1.82) is 0 Å². The molecule has 4 heteroatoms. The lowest BCUT2D eigenvalue weighted by atomic mass is 9.84. The van der Waals surface area contributed by atoms with E-state index in [4.69, 9.17) is 4.74 Å². The molecule has 0 aromatic heterocycles. The lowest BCUT2D eigenvalue weighted by Gasteiger charge is -2.24. The third kappa shape index (κ3) is 0.504. The Labute approximate surface area is 68.1 Å². The molecule has 3 unspecified atom stereocenters. The molecule has 3 rings (SSSR count). The zero-order valence-electron chi connectivity index (χ0n) is 6.15. The highest BCUT2D eigenvalue weighted by Gasteiger charge is 2.61. The molecule has 3 bridgehead atoms. The largest absolute Gasteiger partial charge is 0.390 e. The summed E-state index contributed by atoms with van der Waals surface area (Å²) in [5.41, 5.74) is -0.913. The normalized spacial score (nSPS) is 48.3. The first kappa shape index (κ1) is 6.37. The zero-order chi connectivity index (χ0) is 8.34. The maximum Gasteiger partial charge on any atom is 0.350 e. The summed E-state index contributed by atoms with van der Waals surface area (Å²) in [5, 5.41) is 0. The van der Waals surface area contributed by atoms with E-state index in [1.807, 2.05) is 0 Å². The predicted molar refractivity (Wildman–Crippen MR) is 36.0 cm³/mol. The SMILES string of the molecule is O=C1OC(=O)C23C=CC(O2)C1C3. The van der Waals surface area contributed by atoms with Gasteiger partial charge in [-0.2, -0.15) is 0 Å². The Morgan fingerprint density at radius 2 is 2.33 bits per heavy atom. The molecule has 2 saturated heterocycles. The average molecular weight is 166 g/mol. The molecule has 0 aliphatic carbocycles. The maximum absolute atomic E-state index is 11.2. The van der Waals surface area contributed by atoms with Gasteiger partial charge in [-0.3, -0.25) is 4.79 Å². The Kier molecular flexibility index (Phi) is 0.855. The Bertz CT molecular complexity index is 319. The maximum atomic E-state index is 11.2. The van der Waals surface area contributed by atoms with Gasteiger partial charge in [0.1, 0.15) is 0 Å². The molecule has 0 N–H and O–H groups in total. The second kappa shape index (κ2) is 1.61. The van der Waals surface area contributed by atoms with E-state index in [-0.39, 0.29) is 12.0 Å². The van der Waals surface area contributed by atoms with E-state index in [0.717, 1.165) is 0 Å². The highest BCUT2D eigenvalue weighted by molar-refractivity contribution is 5.98. The third-order valence-corrected chi connectivity index (χ3v) is 2.66. The van der Waals surface area contributed by atoms with Crippen LogP contribution in [0.3, 0.4) is 0 Å². The van der Waals surface area contributed by atoms with Crippen molar-refractivity contribution in [3.8, 4) is 0 Å². The van der Waals surface area contributed by atoms with Crippen LogP contribution in [0, 0.1) is 5.92 Å². The van der Waals surface area contributed by atoms with Crippen molar-refractivity contribution >= 4 is 11.9 Å². The van der Waals surface area contributed by atoms with Crippen LogP contribution in [-0.4, -0.2) is 23.6 Å². The number of ether oxygens (including phenoxy) is 2. The summed E-state index contributed by atoms with van der Waals surface area (Å²) >= 11 is 0. The highest BCUT2D eigenvalue weighted by atomic mass is 16.6. The molecule has 12 heavy (non-hydrogen) atoms. The smallest absolute Gasteiger partial charge is 0.350 e. The quantitative estimate of drug-likeness (QED) is 0.283. The van der Waals surface area contributed by atoms with Crippen molar-refractivity contribution < 1.29 is 19.1 Å². The van der Waals surface area contributed by atoms with Crippen LogP contribution >= 0.6 is 0 Å². The second-order valence-corrected chi connectivity index (χ2v) is 3.35. The molecule has 3 atom stereocenters. The summed E-state index contributed by atoms with van der Waals surface area (Å²) < 4.78 is 9.90. The Balaban J connectivity index is 2.15. The van der Waals surface area contributed by atoms with Crippen LogP contribution < -0.4 is 0 Å². The fourth-order valence-corrected chi connectivity index (χ4v) is 2.02. The molecule has 3 aliphatic heterocycles. The molecule has 62 valence electrons. The molecule has 0 radical (unpaired) electrons. The van der Waals surface area contributed by atoms with Crippen molar-refractivity contribution in [1.82, 2.24) is 0 Å². The van der Waals surface area contributed by atoms with E-state index in [2.05, 4.69) is 4.74 Å². The van der Waals surface area contributed by atoms with E-state index < -0.39 is 17.5 Å². The Morgan fingerprint density at radius 3 is 3.17 bits per heavy atom. The van der Waals surface area contributed by atoms with Gasteiger partial charge in [-0.25, -0.2) is 4.79 Å². The van der Waals surface area contributed by atoms with Gasteiger partial charge in [0.15, 0.2) is 5.60 Å². The number of fused-ring (bicyclic) bond motifs is 3. The van der Waals surface area contributed by atoms with E-state index in [1.54, 1.807) is 12.2 Å². The van der Waals surface area contributed by atoms with Gasteiger partial charge in [0.05, 0.1) is 12.0 Å². The minimum atomic E-state index is -0.913. The summed E-state index contributed by atoms with van der Waals surface area (Å²) in [6.45, 7) is 0. The van der Waals surface area contributed by atoms with Crippen LogP contribution in [-0.2, 0) is 19.1 Å². The van der Waals surface area contributed by atoms with E-state index in [1.165, 1.54) is 0 Å². The molecule has 4 nitrogen and oxygen atoms in total. The summed E-state index contributed by atoms with van der Waals surface area (Å²) in [4.78, 5) is 22.3. The van der Waals surface area contributed by atoms with Crippen molar-refractivity contribution in [2.24, 2.45) is 5.92 Å². The molecule has 3 aliphatic rings. The summed E-state index contributed by atoms with van der Waals surface area (Å²) in [6, 6.07) is 0. The number of cyclic esters (lactones) is 2. The summed E-state index contributed by atoms with van der Waals surface area (Å²) in [7, 11) is 0. The van der Waals surface area contributed by atoms with Crippen molar-refractivity contribution in [2.45, 2.75) is 18.1 Å². The fourth-order valence-electron chi connectivity index (χ4n) is 2.02. The van der Waals surface area contributed by atoms with Gasteiger partial charge in [0.25, 0.3) is 0 Å². The second-order valence-electron chi connectivity index (χ2n) is 3.35. The van der Waals surface area contributed by atoms with Crippen molar-refractivity contribution in [3.63, 3.8) is 0 Å². The first-order chi connectivity index (χ1) is 5.71. The van der Waals surface area contributed by atoms with Gasteiger partial charge in [0, 0.05) is 6.42 Å². The Morgan fingerprint density at radius 1 is 1.50 bits per heavy atom. The van der Waals surface area contributed by atoms with Crippen LogP contribution in [0.25, 0.3) is 0 Å². The molecule has 3 heterocycles. The van der Waals surface area contributed by atoms with E-state index in [0.29, 0.717) is 6.42 Å². The molecular weight excluding hydrogens is 160 g/mol. The predicted octanol–water partition coefficient (Wildman–Crippen LogP) is -0.217. The zero-order valence-corrected chi connectivity index (χ0v) is 6.15. The van der Waals surface area contributed by atoms with Crippen LogP contribution in [0.4, 0.5) is 0 Å².